The zero-order valence-electron chi connectivity index (χ0n) is 12.3. The second-order valence-corrected chi connectivity index (χ2v) is 7.80. The highest BCUT2D eigenvalue weighted by Gasteiger charge is 2.34. The van der Waals surface area contributed by atoms with Gasteiger partial charge in [-0.15, -0.1) is 11.8 Å². The SMILES string of the molecule is CCC(N)Cc1ccc(SC(C)(C)C)cc1C(F)(F)F. The van der Waals surface area contributed by atoms with Gasteiger partial charge in [-0.25, -0.2) is 0 Å². The zero-order chi connectivity index (χ0) is 15.6. The molecule has 20 heavy (non-hydrogen) atoms. The summed E-state index contributed by atoms with van der Waals surface area (Å²) in [6.07, 6.45) is -3.42. The van der Waals surface area contributed by atoms with Crippen LogP contribution in [-0.2, 0) is 12.6 Å². The molecule has 0 amide bonds. The molecule has 1 atom stereocenters. The predicted octanol–water partition coefficient (Wildman–Crippen LogP) is 4.88. The molecule has 2 N–H and O–H groups in total. The molecule has 0 heterocycles. The molecule has 0 aliphatic carbocycles. The molecule has 0 radical (unpaired) electrons. The van der Waals surface area contributed by atoms with Crippen molar-refractivity contribution in [2.24, 2.45) is 5.73 Å². The summed E-state index contributed by atoms with van der Waals surface area (Å²) < 4.78 is 39.4. The van der Waals surface area contributed by atoms with Gasteiger partial charge in [-0.3, -0.25) is 0 Å². The summed E-state index contributed by atoms with van der Waals surface area (Å²) in [5, 5.41) is 0. The maximum absolute atomic E-state index is 13.2. The van der Waals surface area contributed by atoms with Crippen LogP contribution in [0.2, 0.25) is 0 Å². The maximum Gasteiger partial charge on any atom is 0.416 e. The quantitative estimate of drug-likeness (QED) is 0.803. The molecule has 114 valence electrons. The zero-order valence-corrected chi connectivity index (χ0v) is 13.2. The van der Waals surface area contributed by atoms with E-state index in [-0.39, 0.29) is 22.8 Å². The van der Waals surface area contributed by atoms with Crippen molar-refractivity contribution in [3.05, 3.63) is 29.3 Å². The van der Waals surface area contributed by atoms with Crippen molar-refractivity contribution in [2.45, 2.75) is 62.4 Å². The Labute approximate surface area is 123 Å². The topological polar surface area (TPSA) is 26.0 Å². The molecular formula is C15H22F3NS. The van der Waals surface area contributed by atoms with Crippen molar-refractivity contribution in [1.29, 1.82) is 0 Å². The Kier molecular flexibility index (Phi) is 5.55. The summed E-state index contributed by atoms with van der Waals surface area (Å²) in [5.74, 6) is 0. The lowest BCUT2D eigenvalue weighted by Crippen LogP contribution is -2.23. The third-order valence-electron chi connectivity index (χ3n) is 2.82. The predicted molar refractivity (Wildman–Crippen MR) is 79.0 cm³/mol. The fourth-order valence-electron chi connectivity index (χ4n) is 1.84. The van der Waals surface area contributed by atoms with E-state index in [2.05, 4.69) is 0 Å². The van der Waals surface area contributed by atoms with Gasteiger partial charge in [-0.2, -0.15) is 13.2 Å². The average Bonchev–Trinajstić information content (AvgIpc) is 2.27. The van der Waals surface area contributed by atoms with Crippen LogP contribution in [0.5, 0.6) is 0 Å². The van der Waals surface area contributed by atoms with Gasteiger partial charge in [-0.1, -0.05) is 33.8 Å². The third kappa shape index (κ3) is 5.37. The summed E-state index contributed by atoms with van der Waals surface area (Å²) >= 11 is 1.43. The molecule has 0 aliphatic rings. The number of alkyl halides is 3. The second-order valence-electron chi connectivity index (χ2n) is 5.90. The van der Waals surface area contributed by atoms with Crippen LogP contribution in [0.1, 0.15) is 45.2 Å². The molecule has 0 saturated carbocycles. The molecule has 0 aromatic heterocycles. The molecular weight excluding hydrogens is 283 g/mol. The lowest BCUT2D eigenvalue weighted by Gasteiger charge is -2.21. The van der Waals surface area contributed by atoms with Crippen molar-refractivity contribution in [3.8, 4) is 0 Å². The van der Waals surface area contributed by atoms with Crippen molar-refractivity contribution in [3.63, 3.8) is 0 Å². The number of benzene rings is 1. The Balaban J connectivity index is 3.14. The molecule has 0 aliphatic heterocycles. The monoisotopic (exact) mass is 305 g/mol. The lowest BCUT2D eigenvalue weighted by atomic mass is 9.99. The first-order valence-electron chi connectivity index (χ1n) is 6.67. The standard InChI is InChI=1S/C15H22F3NS/c1-5-11(19)8-10-6-7-12(20-14(2,3)4)9-13(10)15(16,17)18/h6-7,9,11H,5,8,19H2,1-4H3. The summed E-state index contributed by atoms with van der Waals surface area (Å²) in [6.45, 7) is 7.81. The van der Waals surface area contributed by atoms with E-state index in [9.17, 15) is 13.2 Å². The first kappa shape index (κ1) is 17.4. The Hall–Kier alpha value is -0.680. The Bertz CT molecular complexity index is 449. The summed E-state index contributed by atoms with van der Waals surface area (Å²) in [4.78, 5) is 0.638. The van der Waals surface area contributed by atoms with Gasteiger partial charge in [0.15, 0.2) is 0 Å². The summed E-state index contributed by atoms with van der Waals surface area (Å²) in [7, 11) is 0. The molecule has 1 rings (SSSR count). The smallest absolute Gasteiger partial charge is 0.327 e. The first-order chi connectivity index (χ1) is 9.03. The number of rotatable bonds is 4. The van der Waals surface area contributed by atoms with E-state index in [1.807, 2.05) is 27.7 Å². The van der Waals surface area contributed by atoms with Crippen LogP contribution in [0, 0.1) is 0 Å². The van der Waals surface area contributed by atoms with Crippen molar-refractivity contribution in [2.75, 3.05) is 0 Å². The van der Waals surface area contributed by atoms with Gasteiger partial charge in [0.1, 0.15) is 0 Å². The molecule has 0 saturated heterocycles. The van der Waals surface area contributed by atoms with Gasteiger partial charge in [0.05, 0.1) is 5.56 Å². The highest BCUT2D eigenvalue weighted by molar-refractivity contribution is 8.00. The van der Waals surface area contributed by atoms with Gasteiger partial charge < -0.3 is 5.73 Å². The van der Waals surface area contributed by atoms with Crippen LogP contribution in [0.25, 0.3) is 0 Å². The number of nitrogens with two attached hydrogens (primary N) is 1. The van der Waals surface area contributed by atoms with E-state index < -0.39 is 11.7 Å². The number of halogens is 3. The second kappa shape index (κ2) is 6.39. The summed E-state index contributed by atoms with van der Waals surface area (Å²) in [6, 6.07) is 4.32. The molecule has 5 heteroatoms. The fraction of sp³-hybridized carbons (Fsp3) is 0.600. The van der Waals surface area contributed by atoms with Crippen molar-refractivity contribution >= 4 is 11.8 Å². The molecule has 1 aromatic rings. The fourth-order valence-corrected chi connectivity index (χ4v) is 2.86. The van der Waals surface area contributed by atoms with Gasteiger partial charge in [0.25, 0.3) is 0 Å². The van der Waals surface area contributed by atoms with E-state index in [0.29, 0.717) is 11.3 Å². The van der Waals surface area contributed by atoms with E-state index in [1.165, 1.54) is 17.8 Å². The van der Waals surface area contributed by atoms with Crippen LogP contribution >= 0.6 is 11.8 Å². The van der Waals surface area contributed by atoms with Crippen LogP contribution in [-0.4, -0.2) is 10.8 Å². The normalized spacial score (nSPS) is 14.4. The van der Waals surface area contributed by atoms with E-state index in [4.69, 9.17) is 5.73 Å². The largest absolute Gasteiger partial charge is 0.416 e. The first-order valence-corrected chi connectivity index (χ1v) is 7.49. The van der Waals surface area contributed by atoms with E-state index >= 15 is 0 Å². The van der Waals surface area contributed by atoms with Crippen molar-refractivity contribution < 1.29 is 13.2 Å². The Morgan fingerprint density at radius 1 is 1.20 bits per heavy atom. The van der Waals surface area contributed by atoms with E-state index in [0.717, 1.165) is 0 Å². The minimum atomic E-state index is -4.34. The van der Waals surface area contributed by atoms with E-state index in [1.54, 1.807) is 12.1 Å². The minimum Gasteiger partial charge on any atom is -0.327 e. The Morgan fingerprint density at radius 3 is 2.25 bits per heavy atom. The molecule has 1 nitrogen and oxygen atoms in total. The maximum atomic E-state index is 13.2. The molecule has 0 bridgehead atoms. The molecule has 0 fully saturated rings. The van der Waals surface area contributed by atoms with Crippen LogP contribution in [0.15, 0.2) is 23.1 Å². The van der Waals surface area contributed by atoms with Gasteiger partial charge in [-0.05, 0) is 30.5 Å². The molecule has 1 aromatic carbocycles. The highest BCUT2D eigenvalue weighted by atomic mass is 32.2. The number of hydrogen-bond acceptors (Lipinski definition) is 2. The van der Waals surface area contributed by atoms with Gasteiger partial charge in [0.2, 0.25) is 0 Å². The van der Waals surface area contributed by atoms with Crippen LogP contribution in [0.4, 0.5) is 13.2 Å². The lowest BCUT2D eigenvalue weighted by molar-refractivity contribution is -0.138. The Morgan fingerprint density at radius 2 is 1.80 bits per heavy atom. The number of hydrogen-bond donors (Lipinski definition) is 1. The van der Waals surface area contributed by atoms with Crippen LogP contribution in [0.3, 0.4) is 0 Å². The van der Waals surface area contributed by atoms with Crippen molar-refractivity contribution in [1.82, 2.24) is 0 Å². The van der Waals surface area contributed by atoms with Gasteiger partial charge >= 0.3 is 6.18 Å². The highest BCUT2D eigenvalue weighted by Crippen LogP contribution is 2.38. The van der Waals surface area contributed by atoms with Crippen LogP contribution < -0.4 is 5.73 Å². The summed E-state index contributed by atoms with van der Waals surface area (Å²) in [5.41, 5.74) is 5.51. The minimum absolute atomic E-state index is 0.121. The molecule has 1 unspecified atom stereocenters. The third-order valence-corrected chi connectivity index (χ3v) is 3.92. The molecule has 0 spiro atoms. The average molecular weight is 305 g/mol. The number of thioether (sulfide) groups is 1. The van der Waals surface area contributed by atoms with Gasteiger partial charge in [0, 0.05) is 15.7 Å².